The Bertz CT molecular complexity index is 721. The highest BCUT2D eigenvalue weighted by molar-refractivity contribution is 6.32. The van der Waals surface area contributed by atoms with E-state index < -0.39 is 11.6 Å². The minimum Gasteiger partial charge on any atom is -0.278 e. The van der Waals surface area contributed by atoms with E-state index in [1.165, 1.54) is 22.7 Å². The fourth-order valence-corrected chi connectivity index (χ4v) is 1.86. The second-order valence-electron chi connectivity index (χ2n) is 3.59. The maximum atomic E-state index is 13.2. The Labute approximate surface area is 105 Å². The molecule has 3 aromatic rings. The lowest BCUT2D eigenvalue weighted by Gasteiger charge is -2.01. The van der Waals surface area contributed by atoms with Crippen LogP contribution in [0.15, 0.2) is 30.6 Å². The second kappa shape index (κ2) is 3.99. The predicted octanol–water partition coefficient (Wildman–Crippen LogP) is 2.72. The lowest BCUT2D eigenvalue weighted by molar-refractivity contribution is 0.584. The number of rotatable bonds is 1. The Balaban J connectivity index is 2.29. The van der Waals surface area contributed by atoms with Crippen LogP contribution >= 0.6 is 11.6 Å². The maximum Gasteiger partial charge on any atom is 0.198 e. The number of benzene rings is 1. The van der Waals surface area contributed by atoms with Gasteiger partial charge in [0.15, 0.2) is 16.6 Å². The zero-order valence-electron chi connectivity index (χ0n) is 8.81. The molecule has 0 fully saturated rings. The van der Waals surface area contributed by atoms with E-state index in [9.17, 15) is 8.78 Å². The zero-order valence-corrected chi connectivity index (χ0v) is 9.57. The van der Waals surface area contributed by atoms with Crippen molar-refractivity contribution >= 4 is 17.2 Å². The van der Waals surface area contributed by atoms with Crippen LogP contribution in [0, 0.1) is 11.6 Å². The van der Waals surface area contributed by atoms with Crippen LogP contribution in [0.4, 0.5) is 8.78 Å². The predicted molar refractivity (Wildman–Crippen MR) is 61.1 cm³/mol. The Morgan fingerprint density at radius 1 is 1.06 bits per heavy atom. The van der Waals surface area contributed by atoms with Gasteiger partial charge < -0.3 is 0 Å². The molecular weight excluding hydrogens is 262 g/mol. The van der Waals surface area contributed by atoms with Gasteiger partial charge in [-0.1, -0.05) is 11.6 Å². The van der Waals surface area contributed by atoms with E-state index >= 15 is 0 Å². The first-order valence-electron chi connectivity index (χ1n) is 4.97. The van der Waals surface area contributed by atoms with E-state index in [-0.39, 0.29) is 10.7 Å². The van der Waals surface area contributed by atoms with E-state index in [0.29, 0.717) is 11.5 Å². The number of fused-ring (bicyclic) bond motifs is 1. The van der Waals surface area contributed by atoms with Crippen molar-refractivity contribution in [2.75, 3.05) is 0 Å². The fraction of sp³-hybridized carbons (Fsp3) is 0. The van der Waals surface area contributed by atoms with Gasteiger partial charge in [0.2, 0.25) is 0 Å². The normalized spacial score (nSPS) is 11.1. The van der Waals surface area contributed by atoms with E-state index in [1.807, 2.05) is 0 Å². The third-order valence-electron chi connectivity index (χ3n) is 2.40. The van der Waals surface area contributed by atoms with Crippen molar-refractivity contribution in [2.45, 2.75) is 0 Å². The second-order valence-corrected chi connectivity index (χ2v) is 3.95. The molecule has 0 saturated carbocycles. The Morgan fingerprint density at radius 3 is 2.50 bits per heavy atom. The smallest absolute Gasteiger partial charge is 0.198 e. The number of hydrogen-bond acceptors (Lipinski definition) is 3. The van der Waals surface area contributed by atoms with Crippen molar-refractivity contribution in [3.05, 3.63) is 47.4 Å². The topological polar surface area (TPSA) is 43.1 Å². The van der Waals surface area contributed by atoms with Gasteiger partial charge in [0.1, 0.15) is 11.6 Å². The zero-order chi connectivity index (χ0) is 12.7. The Morgan fingerprint density at radius 2 is 1.78 bits per heavy atom. The number of halogens is 3. The van der Waals surface area contributed by atoms with Crippen LogP contribution in [0.1, 0.15) is 0 Å². The van der Waals surface area contributed by atoms with Crippen molar-refractivity contribution in [1.29, 1.82) is 0 Å². The van der Waals surface area contributed by atoms with Gasteiger partial charge >= 0.3 is 0 Å². The number of aromatic nitrogens is 4. The van der Waals surface area contributed by atoms with E-state index in [4.69, 9.17) is 11.6 Å². The summed E-state index contributed by atoms with van der Waals surface area (Å²) < 4.78 is 27.8. The third kappa shape index (κ3) is 1.70. The minimum atomic E-state index is -0.679. The Kier molecular flexibility index (Phi) is 2.45. The molecule has 0 N–H and O–H groups in total. The summed E-state index contributed by atoms with van der Waals surface area (Å²) in [6.07, 6.45) is 3.03. The molecule has 4 nitrogen and oxygen atoms in total. The summed E-state index contributed by atoms with van der Waals surface area (Å²) in [6.45, 7) is 0. The molecule has 0 saturated heterocycles. The van der Waals surface area contributed by atoms with Crippen molar-refractivity contribution in [2.24, 2.45) is 0 Å². The summed E-state index contributed by atoms with van der Waals surface area (Å²) in [4.78, 5) is 3.84. The van der Waals surface area contributed by atoms with Gasteiger partial charge in [0.05, 0.1) is 0 Å². The molecule has 2 heterocycles. The van der Waals surface area contributed by atoms with Gasteiger partial charge in [-0.05, 0) is 12.1 Å². The molecule has 2 aromatic heterocycles. The van der Waals surface area contributed by atoms with Crippen LogP contribution in [-0.4, -0.2) is 19.6 Å². The molecule has 18 heavy (non-hydrogen) atoms. The van der Waals surface area contributed by atoms with Gasteiger partial charge in [-0.2, -0.15) is 0 Å². The van der Waals surface area contributed by atoms with Gasteiger partial charge in [0.25, 0.3) is 0 Å². The summed E-state index contributed by atoms with van der Waals surface area (Å²) in [5.41, 5.74) is 0.612. The highest BCUT2D eigenvalue weighted by atomic mass is 35.5. The first kappa shape index (κ1) is 11.0. The molecule has 0 spiro atoms. The number of nitrogens with zero attached hydrogens (tertiary/aromatic N) is 4. The van der Waals surface area contributed by atoms with Crippen LogP contribution in [0.5, 0.6) is 0 Å². The molecule has 3 rings (SSSR count). The van der Waals surface area contributed by atoms with Crippen molar-refractivity contribution in [3.8, 4) is 11.4 Å². The summed E-state index contributed by atoms with van der Waals surface area (Å²) in [5, 5.41) is 7.87. The lowest BCUT2D eigenvalue weighted by atomic mass is 10.2. The van der Waals surface area contributed by atoms with Crippen LogP contribution in [0.3, 0.4) is 0 Å². The summed E-state index contributed by atoms with van der Waals surface area (Å²) in [5.74, 6) is -1.06. The standard InChI is InChI=1S/C11H5ClF2N4/c12-9-11-17-16-10(18(11)2-1-15-9)6-3-7(13)5-8(14)4-6/h1-5H. The quantitative estimate of drug-likeness (QED) is 0.680. The molecule has 0 aliphatic rings. The summed E-state index contributed by atoms with van der Waals surface area (Å²) in [6, 6.07) is 3.14. The summed E-state index contributed by atoms with van der Waals surface area (Å²) in [7, 11) is 0. The molecule has 0 amide bonds. The fourth-order valence-electron chi connectivity index (χ4n) is 1.68. The molecule has 0 aliphatic carbocycles. The highest BCUT2D eigenvalue weighted by Gasteiger charge is 2.12. The maximum absolute atomic E-state index is 13.2. The Hall–Kier alpha value is -2.08. The monoisotopic (exact) mass is 266 g/mol. The average molecular weight is 267 g/mol. The molecule has 7 heteroatoms. The first-order chi connectivity index (χ1) is 8.65. The van der Waals surface area contributed by atoms with Crippen LogP contribution < -0.4 is 0 Å². The summed E-state index contributed by atoms with van der Waals surface area (Å²) >= 11 is 5.84. The SMILES string of the molecule is Fc1cc(F)cc(-c2nnc3c(Cl)nccn23)c1. The largest absolute Gasteiger partial charge is 0.278 e. The molecule has 0 radical (unpaired) electrons. The minimum absolute atomic E-state index is 0.174. The van der Waals surface area contributed by atoms with Crippen LogP contribution in [0.25, 0.3) is 17.0 Å². The third-order valence-corrected chi connectivity index (χ3v) is 2.67. The van der Waals surface area contributed by atoms with Gasteiger partial charge in [-0.25, -0.2) is 13.8 Å². The highest BCUT2D eigenvalue weighted by Crippen LogP contribution is 2.22. The molecule has 0 bridgehead atoms. The molecule has 0 aliphatic heterocycles. The van der Waals surface area contributed by atoms with E-state index in [0.717, 1.165) is 6.07 Å². The van der Waals surface area contributed by atoms with Crippen LogP contribution in [-0.2, 0) is 0 Å². The van der Waals surface area contributed by atoms with Gasteiger partial charge in [-0.3, -0.25) is 4.40 Å². The molecule has 1 aromatic carbocycles. The molecule has 0 unspecified atom stereocenters. The lowest BCUT2D eigenvalue weighted by Crippen LogP contribution is -1.92. The van der Waals surface area contributed by atoms with Gasteiger partial charge in [0, 0.05) is 24.0 Å². The first-order valence-corrected chi connectivity index (χ1v) is 5.34. The van der Waals surface area contributed by atoms with Crippen LogP contribution in [0.2, 0.25) is 5.15 Å². The van der Waals surface area contributed by atoms with E-state index in [2.05, 4.69) is 15.2 Å². The van der Waals surface area contributed by atoms with Crippen molar-refractivity contribution in [1.82, 2.24) is 19.6 Å². The molecular formula is C11H5ClF2N4. The molecule has 0 atom stereocenters. The van der Waals surface area contributed by atoms with Gasteiger partial charge in [-0.15, -0.1) is 10.2 Å². The number of hydrogen-bond donors (Lipinski definition) is 0. The molecule has 90 valence electrons. The average Bonchev–Trinajstić information content (AvgIpc) is 2.73. The van der Waals surface area contributed by atoms with Crippen molar-refractivity contribution in [3.63, 3.8) is 0 Å². The van der Waals surface area contributed by atoms with E-state index in [1.54, 1.807) is 6.20 Å². The van der Waals surface area contributed by atoms with Crippen molar-refractivity contribution < 1.29 is 8.78 Å².